The van der Waals surface area contributed by atoms with E-state index in [1.54, 1.807) is 48.5 Å². The van der Waals surface area contributed by atoms with Gasteiger partial charge in [-0.25, -0.2) is 8.42 Å². The first-order chi connectivity index (χ1) is 21.3. The van der Waals surface area contributed by atoms with Crippen LogP contribution in [0.3, 0.4) is 0 Å². The second-order valence-corrected chi connectivity index (χ2v) is 13.9. The molecule has 4 aromatic carbocycles. The van der Waals surface area contributed by atoms with Crippen molar-refractivity contribution in [3.05, 3.63) is 130 Å². The highest BCUT2D eigenvalue weighted by Gasteiger charge is 2.35. The van der Waals surface area contributed by atoms with Crippen LogP contribution in [0.2, 0.25) is 5.02 Å². The Labute approximate surface area is 271 Å². The normalized spacial score (nSPS) is 12.1. The van der Waals surface area contributed by atoms with Crippen molar-refractivity contribution in [2.24, 2.45) is 0 Å². The van der Waals surface area contributed by atoms with E-state index in [-0.39, 0.29) is 29.8 Å². The average molecular weight is 646 g/mol. The molecule has 0 saturated carbocycles. The third-order valence-electron chi connectivity index (χ3n) is 7.47. The summed E-state index contributed by atoms with van der Waals surface area (Å²) in [5.41, 5.74) is 4.44. The summed E-state index contributed by atoms with van der Waals surface area (Å²) in [4.78, 5) is 29.9. The number of amides is 2. The summed E-state index contributed by atoms with van der Waals surface area (Å²) in [7, 11) is -4.18. The summed E-state index contributed by atoms with van der Waals surface area (Å²) in [6.45, 7) is 8.82. The number of hydrogen-bond donors (Lipinski definition) is 1. The summed E-state index contributed by atoms with van der Waals surface area (Å²) in [6.07, 6.45) is 0.236. The lowest BCUT2D eigenvalue weighted by atomic mass is 10.0. The van der Waals surface area contributed by atoms with Gasteiger partial charge >= 0.3 is 0 Å². The highest BCUT2D eigenvalue weighted by Crippen LogP contribution is 2.29. The van der Waals surface area contributed by atoms with Crippen LogP contribution in [0.25, 0.3) is 0 Å². The van der Waals surface area contributed by atoms with Crippen molar-refractivity contribution in [3.63, 3.8) is 0 Å². The number of carbonyl (C=O) groups is 2. The second-order valence-electron chi connectivity index (χ2n) is 11.6. The molecule has 0 heterocycles. The fourth-order valence-corrected chi connectivity index (χ4v) is 6.79. The van der Waals surface area contributed by atoms with E-state index in [1.807, 2.05) is 83.1 Å². The van der Waals surface area contributed by atoms with Gasteiger partial charge in [0.25, 0.3) is 10.0 Å². The summed E-state index contributed by atoms with van der Waals surface area (Å²) in [5, 5.41) is 3.46. The Bertz CT molecular complexity index is 1740. The molecule has 0 aromatic heterocycles. The molecule has 0 aliphatic rings. The fraction of sp³-hybridized carbons (Fsp3) is 0.278. The number of nitrogens with one attached hydrogen (secondary N) is 1. The van der Waals surface area contributed by atoms with Crippen molar-refractivity contribution in [1.29, 1.82) is 0 Å². The van der Waals surface area contributed by atoms with Crippen LogP contribution < -0.4 is 9.62 Å². The van der Waals surface area contributed by atoms with Crippen LogP contribution in [0.4, 0.5) is 5.69 Å². The second kappa shape index (κ2) is 14.8. The monoisotopic (exact) mass is 645 g/mol. The summed E-state index contributed by atoms with van der Waals surface area (Å²) < 4.78 is 29.7. The first-order valence-electron chi connectivity index (χ1n) is 14.9. The number of halogens is 1. The molecule has 4 aromatic rings. The Kier molecular flexibility index (Phi) is 11.1. The molecule has 0 radical (unpaired) electrons. The zero-order chi connectivity index (χ0) is 32.7. The highest BCUT2D eigenvalue weighted by molar-refractivity contribution is 7.92. The third-order valence-corrected chi connectivity index (χ3v) is 9.47. The van der Waals surface area contributed by atoms with E-state index in [4.69, 9.17) is 11.6 Å². The maximum Gasteiger partial charge on any atom is 0.264 e. The van der Waals surface area contributed by atoms with E-state index in [1.165, 1.54) is 4.90 Å². The van der Waals surface area contributed by atoms with Crippen LogP contribution in [-0.4, -0.2) is 43.8 Å². The van der Waals surface area contributed by atoms with E-state index >= 15 is 0 Å². The molecule has 1 N–H and O–H groups in total. The number of sulfonamides is 1. The lowest BCUT2D eigenvalue weighted by molar-refractivity contribution is -0.140. The largest absolute Gasteiger partial charge is 0.352 e. The lowest BCUT2D eigenvalue weighted by Crippen LogP contribution is -2.54. The molecule has 0 saturated heterocycles. The zero-order valence-electron chi connectivity index (χ0n) is 26.3. The minimum atomic E-state index is -4.18. The Morgan fingerprint density at radius 2 is 1.44 bits per heavy atom. The van der Waals surface area contributed by atoms with Crippen molar-refractivity contribution in [3.8, 4) is 0 Å². The molecular weight excluding hydrogens is 606 g/mol. The topological polar surface area (TPSA) is 86.8 Å². The van der Waals surface area contributed by atoms with Crippen molar-refractivity contribution >= 4 is 39.1 Å². The van der Waals surface area contributed by atoms with Crippen LogP contribution in [0, 0.1) is 20.8 Å². The SMILES string of the molecule is Cc1ccc(S(=O)(=O)N(CC(=O)N(Cc2cccc(Cl)c2)[C@@H](Cc2ccccc2)C(=O)NC(C)C)c2cc(C)ccc2C)cc1. The molecule has 0 bridgehead atoms. The molecule has 0 aliphatic carbocycles. The van der Waals surface area contributed by atoms with Gasteiger partial charge in [-0.1, -0.05) is 83.9 Å². The molecular formula is C36H40ClN3O4S. The molecule has 0 unspecified atom stereocenters. The first kappa shape index (κ1) is 33.7. The van der Waals surface area contributed by atoms with E-state index < -0.39 is 28.5 Å². The van der Waals surface area contributed by atoms with Gasteiger partial charge in [-0.3, -0.25) is 13.9 Å². The summed E-state index contributed by atoms with van der Waals surface area (Å²) in [6, 6.07) is 27.5. The van der Waals surface area contributed by atoms with Gasteiger partial charge in [0.05, 0.1) is 10.6 Å². The Morgan fingerprint density at radius 1 is 0.800 bits per heavy atom. The molecule has 0 spiro atoms. The zero-order valence-corrected chi connectivity index (χ0v) is 27.9. The van der Waals surface area contributed by atoms with Crippen LogP contribution in [0.15, 0.2) is 102 Å². The summed E-state index contributed by atoms with van der Waals surface area (Å²) in [5.74, 6) is -0.852. The van der Waals surface area contributed by atoms with Gasteiger partial charge in [-0.15, -0.1) is 0 Å². The number of anilines is 1. The van der Waals surface area contributed by atoms with E-state index in [9.17, 15) is 18.0 Å². The van der Waals surface area contributed by atoms with Crippen LogP contribution in [0.5, 0.6) is 0 Å². The first-order valence-corrected chi connectivity index (χ1v) is 16.7. The maximum atomic E-state index is 14.6. The Hall–Kier alpha value is -4.14. The maximum absolute atomic E-state index is 14.6. The Balaban J connectivity index is 1.84. The van der Waals surface area contributed by atoms with Crippen LogP contribution in [-0.2, 0) is 32.6 Å². The van der Waals surface area contributed by atoms with Crippen LogP contribution in [0.1, 0.15) is 41.7 Å². The minimum Gasteiger partial charge on any atom is -0.352 e. The molecule has 45 heavy (non-hydrogen) atoms. The van der Waals surface area contributed by atoms with Gasteiger partial charge in [0, 0.05) is 24.0 Å². The quantitative estimate of drug-likeness (QED) is 0.188. The van der Waals surface area contributed by atoms with Crippen molar-refractivity contribution < 1.29 is 18.0 Å². The van der Waals surface area contributed by atoms with Crippen molar-refractivity contribution in [2.45, 2.75) is 64.6 Å². The van der Waals surface area contributed by atoms with Gasteiger partial charge in [-0.05, 0) is 87.2 Å². The van der Waals surface area contributed by atoms with Crippen molar-refractivity contribution in [2.75, 3.05) is 10.8 Å². The lowest BCUT2D eigenvalue weighted by Gasteiger charge is -2.34. The Morgan fingerprint density at radius 3 is 2.09 bits per heavy atom. The van der Waals surface area contributed by atoms with Crippen LogP contribution >= 0.6 is 11.6 Å². The number of hydrogen-bond acceptors (Lipinski definition) is 4. The van der Waals surface area contributed by atoms with E-state index in [0.29, 0.717) is 21.8 Å². The minimum absolute atomic E-state index is 0.0492. The standard InChI is InChI=1S/C36H40ClN3O4S/c1-25(2)38-36(42)34(22-29-10-7-6-8-11-29)39(23-30-12-9-13-31(37)21-30)35(41)24-40(33-20-27(4)14-17-28(33)5)45(43,44)32-18-15-26(3)16-19-32/h6-21,25,34H,22-24H2,1-5H3,(H,38,42)/t34-/m0/s1. The van der Waals surface area contributed by atoms with Gasteiger partial charge < -0.3 is 10.2 Å². The highest BCUT2D eigenvalue weighted by atomic mass is 35.5. The number of benzene rings is 4. The number of carbonyl (C=O) groups excluding carboxylic acids is 2. The van der Waals surface area contributed by atoms with E-state index in [0.717, 1.165) is 21.0 Å². The van der Waals surface area contributed by atoms with Gasteiger partial charge in [-0.2, -0.15) is 0 Å². The smallest absolute Gasteiger partial charge is 0.264 e. The summed E-state index contributed by atoms with van der Waals surface area (Å²) >= 11 is 6.31. The molecule has 0 fully saturated rings. The third kappa shape index (κ3) is 8.74. The van der Waals surface area contributed by atoms with E-state index in [2.05, 4.69) is 5.32 Å². The van der Waals surface area contributed by atoms with Gasteiger partial charge in [0.2, 0.25) is 11.8 Å². The predicted molar refractivity (Wildman–Crippen MR) is 181 cm³/mol. The molecule has 0 aliphatic heterocycles. The molecule has 236 valence electrons. The number of rotatable bonds is 12. The average Bonchev–Trinajstić information content (AvgIpc) is 2.99. The molecule has 2 amide bonds. The van der Waals surface area contributed by atoms with Gasteiger partial charge in [0.15, 0.2) is 0 Å². The number of aryl methyl sites for hydroxylation is 3. The number of nitrogens with zero attached hydrogens (tertiary/aromatic N) is 2. The molecule has 9 heteroatoms. The molecule has 7 nitrogen and oxygen atoms in total. The van der Waals surface area contributed by atoms with Gasteiger partial charge in [0.1, 0.15) is 12.6 Å². The molecule has 1 atom stereocenters. The fourth-order valence-electron chi connectivity index (χ4n) is 5.11. The predicted octanol–water partition coefficient (Wildman–Crippen LogP) is 6.63. The van der Waals surface area contributed by atoms with Crippen molar-refractivity contribution in [1.82, 2.24) is 10.2 Å². The molecule has 4 rings (SSSR count).